The van der Waals surface area contributed by atoms with Crippen molar-refractivity contribution in [3.05, 3.63) is 60.7 Å². The Morgan fingerprint density at radius 2 is 1.32 bits per heavy atom. The van der Waals surface area contributed by atoms with E-state index in [1.807, 2.05) is 0 Å². The molecule has 1 heterocycles. The minimum atomic E-state index is -0.616. The van der Waals surface area contributed by atoms with Gasteiger partial charge in [0.05, 0.1) is 11.2 Å². The van der Waals surface area contributed by atoms with Gasteiger partial charge >= 0.3 is 0 Å². The summed E-state index contributed by atoms with van der Waals surface area (Å²) in [5.74, 6) is 0.909. The predicted molar refractivity (Wildman–Crippen MR) is 110 cm³/mol. The van der Waals surface area contributed by atoms with Gasteiger partial charge in [0, 0.05) is 0 Å². The molecular weight excluding hydrogens is 325 g/mol. The van der Waals surface area contributed by atoms with Crippen LogP contribution in [0.4, 0.5) is 0 Å². The zero-order chi connectivity index (χ0) is 18.1. The lowest BCUT2D eigenvalue weighted by Crippen LogP contribution is -2.37. The Labute approximate surface area is 153 Å². The summed E-state index contributed by atoms with van der Waals surface area (Å²) in [7, 11) is -0.616. The van der Waals surface area contributed by atoms with Gasteiger partial charge in [-0.3, -0.25) is 0 Å². The van der Waals surface area contributed by atoms with Crippen molar-refractivity contribution in [1.82, 2.24) is 0 Å². The number of nitrogens with zero attached hydrogens (tertiary/aromatic N) is 1. The Morgan fingerprint density at radius 1 is 0.840 bits per heavy atom. The lowest BCUT2D eigenvalue weighted by Gasteiger charge is -2.34. The smallest absolute Gasteiger partial charge is 0.194 e. The van der Waals surface area contributed by atoms with Gasteiger partial charge in [-0.05, 0) is 37.8 Å². The fraction of sp³-hybridized carbons (Fsp3) is 0.409. The van der Waals surface area contributed by atoms with Crippen LogP contribution in [0.15, 0.2) is 65.7 Å². The highest BCUT2D eigenvalue weighted by Crippen LogP contribution is 2.50. The third-order valence-corrected chi connectivity index (χ3v) is 7.70. The molecule has 2 nitrogen and oxygen atoms in total. The van der Waals surface area contributed by atoms with Gasteiger partial charge in [-0.2, -0.15) is 0 Å². The first-order valence-electron chi connectivity index (χ1n) is 8.91. The van der Waals surface area contributed by atoms with Gasteiger partial charge < -0.3 is 4.74 Å². The van der Waals surface area contributed by atoms with Gasteiger partial charge in [0.25, 0.3) is 0 Å². The van der Waals surface area contributed by atoms with Crippen molar-refractivity contribution >= 4 is 24.4 Å². The largest absolute Gasteiger partial charge is 0.478 e. The van der Waals surface area contributed by atoms with Crippen molar-refractivity contribution in [3.63, 3.8) is 0 Å². The first-order chi connectivity index (χ1) is 11.8. The summed E-state index contributed by atoms with van der Waals surface area (Å²) < 4.78 is 6.15. The number of aliphatic imine (C=N–C) groups is 1. The molecule has 0 unspecified atom stereocenters. The van der Waals surface area contributed by atoms with Crippen LogP contribution in [0.3, 0.4) is 0 Å². The van der Waals surface area contributed by atoms with Gasteiger partial charge in [-0.1, -0.05) is 81.4 Å². The van der Waals surface area contributed by atoms with Crippen molar-refractivity contribution in [2.75, 3.05) is 6.61 Å². The predicted octanol–water partition coefficient (Wildman–Crippen LogP) is 4.74. The van der Waals surface area contributed by atoms with E-state index in [1.54, 1.807) is 0 Å². The van der Waals surface area contributed by atoms with Crippen LogP contribution in [0.2, 0.25) is 0 Å². The summed E-state index contributed by atoms with van der Waals surface area (Å²) in [5.41, 5.74) is 0.125. The van der Waals surface area contributed by atoms with Gasteiger partial charge in [0.15, 0.2) is 5.90 Å². The monoisotopic (exact) mass is 353 g/mol. The molecule has 0 N–H and O–H groups in total. The van der Waals surface area contributed by atoms with E-state index in [0.717, 1.165) is 5.90 Å². The Hall–Kier alpha value is -1.66. The van der Waals surface area contributed by atoms with Crippen LogP contribution >= 0.6 is 7.92 Å². The molecule has 0 spiro atoms. The Kier molecular flexibility index (Phi) is 5.02. The maximum atomic E-state index is 6.15. The topological polar surface area (TPSA) is 21.6 Å². The normalized spacial score (nSPS) is 18.2. The minimum absolute atomic E-state index is 0.125. The van der Waals surface area contributed by atoms with Crippen molar-refractivity contribution in [2.45, 2.75) is 45.8 Å². The summed E-state index contributed by atoms with van der Waals surface area (Å²) in [6.45, 7) is 12.0. The zero-order valence-electron chi connectivity index (χ0n) is 15.9. The van der Waals surface area contributed by atoms with Crippen molar-refractivity contribution in [1.29, 1.82) is 0 Å². The van der Waals surface area contributed by atoms with Gasteiger partial charge in [0.1, 0.15) is 6.61 Å². The molecule has 0 saturated carbocycles. The van der Waals surface area contributed by atoms with Crippen LogP contribution in [0, 0.1) is 5.41 Å². The van der Waals surface area contributed by atoms with Crippen LogP contribution < -0.4 is 10.6 Å². The number of benzene rings is 2. The van der Waals surface area contributed by atoms with E-state index >= 15 is 0 Å². The Morgan fingerprint density at radius 3 is 1.72 bits per heavy atom. The van der Waals surface area contributed by atoms with E-state index in [0.29, 0.717) is 6.61 Å². The molecule has 25 heavy (non-hydrogen) atoms. The molecule has 1 atom stereocenters. The number of hydrogen-bond acceptors (Lipinski definition) is 2. The van der Waals surface area contributed by atoms with Gasteiger partial charge in [-0.25, -0.2) is 4.99 Å². The highest BCUT2D eigenvalue weighted by atomic mass is 31.1. The third-order valence-electron chi connectivity index (χ3n) is 4.76. The molecule has 0 radical (unpaired) electrons. The molecule has 132 valence electrons. The molecule has 3 heteroatoms. The van der Waals surface area contributed by atoms with Crippen LogP contribution in [-0.4, -0.2) is 23.7 Å². The summed E-state index contributed by atoms with van der Waals surface area (Å²) >= 11 is 0. The summed E-state index contributed by atoms with van der Waals surface area (Å²) in [4.78, 5) is 5.01. The van der Waals surface area contributed by atoms with Crippen LogP contribution in [0.1, 0.15) is 34.6 Å². The molecule has 2 aromatic carbocycles. The minimum Gasteiger partial charge on any atom is -0.478 e. The maximum Gasteiger partial charge on any atom is 0.194 e. The SMILES string of the molecule is CC(C)(C)[C@H]1COC(C(C)(C)P(c2ccccc2)c2ccccc2)=N1. The number of rotatable bonds is 4. The Balaban J connectivity index is 2.04. The zero-order valence-corrected chi connectivity index (χ0v) is 16.8. The van der Waals surface area contributed by atoms with Crippen molar-refractivity contribution in [2.24, 2.45) is 10.4 Å². The van der Waals surface area contributed by atoms with E-state index < -0.39 is 7.92 Å². The van der Waals surface area contributed by atoms with Crippen molar-refractivity contribution < 1.29 is 4.74 Å². The molecule has 2 aromatic rings. The van der Waals surface area contributed by atoms with Gasteiger partial charge in [0.2, 0.25) is 0 Å². The first kappa shape index (κ1) is 18.1. The Bertz CT molecular complexity index is 692. The maximum absolute atomic E-state index is 6.15. The van der Waals surface area contributed by atoms with Crippen LogP contribution in [-0.2, 0) is 4.74 Å². The van der Waals surface area contributed by atoms with E-state index in [-0.39, 0.29) is 16.6 Å². The highest BCUT2D eigenvalue weighted by molar-refractivity contribution is 7.75. The van der Waals surface area contributed by atoms with E-state index in [9.17, 15) is 0 Å². The second-order valence-electron chi connectivity index (χ2n) is 8.19. The average Bonchev–Trinajstić information content (AvgIpc) is 3.08. The summed E-state index contributed by atoms with van der Waals surface area (Å²) in [6.07, 6.45) is 0. The molecule has 0 aromatic heterocycles. The second-order valence-corrected chi connectivity index (χ2v) is 11.0. The highest BCUT2D eigenvalue weighted by Gasteiger charge is 2.42. The number of hydrogen-bond donors (Lipinski definition) is 0. The molecule has 0 aliphatic carbocycles. The quantitative estimate of drug-likeness (QED) is 0.728. The molecule has 1 aliphatic heterocycles. The van der Waals surface area contributed by atoms with Crippen molar-refractivity contribution in [3.8, 4) is 0 Å². The number of ether oxygens (including phenoxy) is 1. The van der Waals surface area contributed by atoms with Gasteiger partial charge in [-0.15, -0.1) is 0 Å². The molecule has 0 fully saturated rings. The third kappa shape index (κ3) is 3.80. The standard InChI is InChI=1S/C22H28NOP/c1-21(2,3)19-16-24-20(23-19)22(4,5)25(17-12-8-6-9-13-17)18-14-10-7-11-15-18/h6-15,19H,16H2,1-5H3/t19-/m1/s1. The molecule has 0 amide bonds. The summed E-state index contributed by atoms with van der Waals surface area (Å²) in [6, 6.07) is 21.8. The van der Waals surface area contributed by atoms with E-state index in [1.165, 1.54) is 10.6 Å². The lowest BCUT2D eigenvalue weighted by molar-refractivity contribution is 0.231. The lowest BCUT2D eigenvalue weighted by atomic mass is 9.88. The summed E-state index contributed by atoms with van der Waals surface area (Å²) in [5, 5.41) is 2.57. The van der Waals surface area contributed by atoms with E-state index in [2.05, 4.69) is 95.3 Å². The molecule has 3 rings (SSSR count). The first-order valence-corrected chi connectivity index (χ1v) is 10.3. The molecule has 1 aliphatic rings. The second kappa shape index (κ2) is 6.92. The van der Waals surface area contributed by atoms with E-state index in [4.69, 9.17) is 9.73 Å². The van der Waals surface area contributed by atoms with Crippen LogP contribution in [0.5, 0.6) is 0 Å². The molecule has 0 saturated heterocycles. The van der Waals surface area contributed by atoms with Crippen LogP contribution in [0.25, 0.3) is 0 Å². The fourth-order valence-electron chi connectivity index (χ4n) is 3.20. The molecular formula is C22H28NOP. The average molecular weight is 353 g/mol. The fourth-order valence-corrected chi connectivity index (χ4v) is 6.04. The molecule has 0 bridgehead atoms.